The molecule has 0 saturated carbocycles. The highest BCUT2D eigenvalue weighted by Crippen LogP contribution is 2.21. The van der Waals surface area contributed by atoms with Crippen LogP contribution >= 0.6 is 27.5 Å². The second kappa shape index (κ2) is 5.34. The van der Waals surface area contributed by atoms with Crippen molar-refractivity contribution in [2.75, 3.05) is 6.61 Å². The van der Waals surface area contributed by atoms with E-state index < -0.39 is 0 Å². The molecular weight excluding hydrogens is 269 g/mol. The van der Waals surface area contributed by atoms with Crippen LogP contribution in [0.3, 0.4) is 0 Å². The van der Waals surface area contributed by atoms with Crippen LogP contribution in [0.15, 0.2) is 22.7 Å². The average molecular weight is 279 g/mol. The molecule has 0 atom stereocenters. The van der Waals surface area contributed by atoms with E-state index in [-0.39, 0.29) is 5.91 Å². The van der Waals surface area contributed by atoms with Crippen molar-refractivity contribution < 1.29 is 9.63 Å². The Morgan fingerprint density at radius 2 is 2.36 bits per heavy atom. The maximum atomic E-state index is 11.4. The summed E-state index contributed by atoms with van der Waals surface area (Å²) in [6.45, 7) is 2.20. The molecule has 1 amide bonds. The Hall–Kier alpha value is -0.580. The number of benzene rings is 1. The van der Waals surface area contributed by atoms with Crippen molar-refractivity contribution in [3.63, 3.8) is 0 Å². The molecule has 0 bridgehead atoms. The van der Waals surface area contributed by atoms with E-state index >= 15 is 0 Å². The average Bonchev–Trinajstić information content (AvgIpc) is 2.14. The van der Waals surface area contributed by atoms with Crippen LogP contribution in [0.2, 0.25) is 5.02 Å². The van der Waals surface area contributed by atoms with Crippen molar-refractivity contribution in [2.45, 2.75) is 6.92 Å². The van der Waals surface area contributed by atoms with Crippen LogP contribution in [0.5, 0.6) is 0 Å². The topological polar surface area (TPSA) is 38.3 Å². The Bertz CT molecular complexity index is 344. The van der Waals surface area contributed by atoms with Gasteiger partial charge in [0.1, 0.15) is 0 Å². The molecule has 0 radical (unpaired) electrons. The van der Waals surface area contributed by atoms with Crippen molar-refractivity contribution in [2.24, 2.45) is 0 Å². The lowest BCUT2D eigenvalue weighted by atomic mass is 10.2. The molecule has 0 aliphatic carbocycles. The number of hydroxylamine groups is 1. The van der Waals surface area contributed by atoms with Gasteiger partial charge < -0.3 is 0 Å². The first-order chi connectivity index (χ1) is 6.65. The molecule has 0 unspecified atom stereocenters. The summed E-state index contributed by atoms with van der Waals surface area (Å²) in [5.41, 5.74) is 2.66. The monoisotopic (exact) mass is 277 g/mol. The number of halogens is 2. The Morgan fingerprint density at radius 3 is 2.93 bits per heavy atom. The number of carbonyl (C=O) groups is 1. The highest BCUT2D eigenvalue weighted by atomic mass is 79.9. The van der Waals surface area contributed by atoms with Crippen molar-refractivity contribution in [1.29, 1.82) is 0 Å². The van der Waals surface area contributed by atoms with Crippen LogP contribution in [0.4, 0.5) is 0 Å². The van der Waals surface area contributed by atoms with Crippen molar-refractivity contribution in [1.82, 2.24) is 5.48 Å². The van der Waals surface area contributed by atoms with Gasteiger partial charge in [0.2, 0.25) is 0 Å². The standard InChI is InChI=1S/C9H9BrClNO2/c1-2-14-12-9(13)7-4-3-6(10)5-8(7)11/h3-5H,2H2,1H3,(H,12,13). The van der Waals surface area contributed by atoms with Gasteiger partial charge in [0, 0.05) is 4.47 Å². The molecular formula is C9H9BrClNO2. The quantitative estimate of drug-likeness (QED) is 0.864. The minimum atomic E-state index is -0.343. The second-order valence-electron chi connectivity index (χ2n) is 2.49. The lowest BCUT2D eigenvalue weighted by Crippen LogP contribution is -2.23. The number of amides is 1. The summed E-state index contributed by atoms with van der Waals surface area (Å²) in [7, 11) is 0. The Labute approximate surface area is 95.5 Å². The van der Waals surface area contributed by atoms with Crippen LogP contribution in [0.1, 0.15) is 17.3 Å². The normalized spacial score (nSPS) is 9.93. The molecule has 0 heterocycles. The van der Waals surface area contributed by atoms with Gasteiger partial charge in [0.05, 0.1) is 17.2 Å². The molecule has 1 aromatic rings. The van der Waals surface area contributed by atoms with Gasteiger partial charge in [-0.05, 0) is 25.1 Å². The molecule has 0 spiro atoms. The Morgan fingerprint density at radius 1 is 1.64 bits per heavy atom. The molecule has 0 saturated heterocycles. The third-order valence-electron chi connectivity index (χ3n) is 1.48. The summed E-state index contributed by atoms with van der Waals surface area (Å²) in [5, 5.41) is 0.386. The maximum absolute atomic E-state index is 11.4. The summed E-state index contributed by atoms with van der Waals surface area (Å²) in [4.78, 5) is 16.2. The zero-order valence-electron chi connectivity index (χ0n) is 7.51. The first kappa shape index (κ1) is 11.5. The predicted molar refractivity (Wildman–Crippen MR) is 58.2 cm³/mol. The largest absolute Gasteiger partial charge is 0.276 e. The molecule has 3 nitrogen and oxygen atoms in total. The van der Waals surface area contributed by atoms with Gasteiger partial charge in [-0.2, -0.15) is 0 Å². The van der Waals surface area contributed by atoms with Gasteiger partial charge in [-0.3, -0.25) is 9.63 Å². The predicted octanol–water partition coefficient (Wildman–Crippen LogP) is 2.78. The molecule has 1 N–H and O–H groups in total. The number of carbonyl (C=O) groups excluding carboxylic acids is 1. The van der Waals surface area contributed by atoms with Gasteiger partial charge in [-0.15, -0.1) is 0 Å². The molecule has 0 aliphatic heterocycles. The molecule has 0 aromatic heterocycles. The Kier molecular flexibility index (Phi) is 4.38. The van der Waals surface area contributed by atoms with E-state index in [2.05, 4.69) is 21.4 Å². The number of nitrogens with one attached hydrogen (secondary N) is 1. The van der Waals surface area contributed by atoms with E-state index in [0.717, 1.165) is 4.47 Å². The lowest BCUT2D eigenvalue weighted by Gasteiger charge is -2.05. The minimum Gasteiger partial charge on any atom is -0.274 e. The molecule has 76 valence electrons. The molecule has 0 aliphatic rings. The van der Waals surface area contributed by atoms with Crippen molar-refractivity contribution in [3.05, 3.63) is 33.3 Å². The van der Waals surface area contributed by atoms with E-state index in [9.17, 15) is 4.79 Å². The van der Waals surface area contributed by atoms with E-state index in [1.165, 1.54) is 0 Å². The first-order valence-corrected chi connectivity index (χ1v) is 5.19. The van der Waals surface area contributed by atoms with Crippen LogP contribution in [0.25, 0.3) is 0 Å². The zero-order valence-corrected chi connectivity index (χ0v) is 9.85. The van der Waals surface area contributed by atoms with Gasteiger partial charge in [-0.25, -0.2) is 5.48 Å². The van der Waals surface area contributed by atoms with Gasteiger partial charge >= 0.3 is 0 Å². The number of rotatable bonds is 3. The van der Waals surface area contributed by atoms with Crippen LogP contribution in [-0.4, -0.2) is 12.5 Å². The van der Waals surface area contributed by atoms with Gasteiger partial charge in [0.25, 0.3) is 5.91 Å². The first-order valence-electron chi connectivity index (χ1n) is 4.02. The van der Waals surface area contributed by atoms with Crippen LogP contribution in [0, 0.1) is 0 Å². The smallest absolute Gasteiger partial charge is 0.274 e. The summed E-state index contributed by atoms with van der Waals surface area (Å²) >= 11 is 9.11. The summed E-state index contributed by atoms with van der Waals surface area (Å²) < 4.78 is 0.829. The van der Waals surface area contributed by atoms with Crippen LogP contribution in [-0.2, 0) is 4.84 Å². The van der Waals surface area contributed by atoms with Crippen molar-refractivity contribution in [3.8, 4) is 0 Å². The van der Waals surface area contributed by atoms with E-state index in [1.807, 2.05) is 0 Å². The SMILES string of the molecule is CCONC(=O)c1ccc(Br)cc1Cl. The summed E-state index contributed by atoms with van der Waals surface area (Å²) in [5.74, 6) is -0.343. The zero-order chi connectivity index (χ0) is 10.6. The minimum absolute atomic E-state index is 0.343. The van der Waals surface area contributed by atoms with Gasteiger partial charge in [-0.1, -0.05) is 27.5 Å². The maximum Gasteiger partial charge on any atom is 0.276 e. The second-order valence-corrected chi connectivity index (χ2v) is 3.81. The fourth-order valence-electron chi connectivity index (χ4n) is 0.866. The van der Waals surface area contributed by atoms with E-state index in [4.69, 9.17) is 16.4 Å². The third kappa shape index (κ3) is 2.97. The van der Waals surface area contributed by atoms with Crippen LogP contribution < -0.4 is 5.48 Å². The fourth-order valence-corrected chi connectivity index (χ4v) is 1.63. The lowest BCUT2D eigenvalue weighted by molar-refractivity contribution is 0.0364. The van der Waals surface area contributed by atoms with Crippen molar-refractivity contribution >= 4 is 33.4 Å². The molecule has 14 heavy (non-hydrogen) atoms. The highest BCUT2D eigenvalue weighted by molar-refractivity contribution is 9.10. The highest BCUT2D eigenvalue weighted by Gasteiger charge is 2.09. The Balaban J connectivity index is 2.80. The number of hydrogen-bond donors (Lipinski definition) is 1. The van der Waals surface area contributed by atoms with E-state index in [0.29, 0.717) is 17.2 Å². The fraction of sp³-hybridized carbons (Fsp3) is 0.222. The number of hydrogen-bond acceptors (Lipinski definition) is 2. The summed E-state index contributed by atoms with van der Waals surface area (Å²) in [6, 6.07) is 5.02. The molecule has 0 fully saturated rings. The third-order valence-corrected chi connectivity index (χ3v) is 2.29. The summed E-state index contributed by atoms with van der Waals surface area (Å²) in [6.07, 6.45) is 0. The van der Waals surface area contributed by atoms with Gasteiger partial charge in [0.15, 0.2) is 0 Å². The molecule has 1 aromatic carbocycles. The van der Waals surface area contributed by atoms with E-state index in [1.54, 1.807) is 25.1 Å². The molecule has 1 rings (SSSR count). The molecule has 5 heteroatoms.